The van der Waals surface area contributed by atoms with Gasteiger partial charge in [-0.15, -0.1) is 11.3 Å². The Morgan fingerprint density at radius 3 is 2.46 bits per heavy atom. The number of fused-ring (bicyclic) bond motifs is 1. The number of piperazine rings is 1. The first kappa shape index (κ1) is 25.7. The van der Waals surface area contributed by atoms with Crippen molar-refractivity contribution in [2.75, 3.05) is 42.5 Å². The lowest BCUT2D eigenvalue weighted by atomic mass is 9.93. The second kappa shape index (κ2) is 11.7. The molecule has 0 atom stereocenters. The van der Waals surface area contributed by atoms with Gasteiger partial charge in [0.25, 0.3) is 0 Å². The van der Waals surface area contributed by atoms with E-state index in [0.29, 0.717) is 50.9 Å². The minimum Gasteiger partial charge on any atom is -0.366 e. The number of nitrogens with zero attached hydrogens (tertiary/aromatic N) is 5. The maximum absolute atomic E-state index is 14.3. The lowest BCUT2D eigenvalue weighted by molar-refractivity contribution is -0.131. The minimum absolute atomic E-state index is 0.154. The van der Waals surface area contributed by atoms with Crippen LogP contribution in [0.15, 0.2) is 66.0 Å². The van der Waals surface area contributed by atoms with Crippen molar-refractivity contribution >= 4 is 39.7 Å². The summed E-state index contributed by atoms with van der Waals surface area (Å²) in [6.45, 7) is 3.12. The molecule has 0 N–H and O–H groups in total. The number of amides is 1. The number of carbonyl (C=O) groups is 1. The molecule has 1 amide bonds. The van der Waals surface area contributed by atoms with Gasteiger partial charge in [0.2, 0.25) is 5.91 Å². The average Bonchev–Trinajstić information content (AvgIpc) is 3.53. The fourth-order valence-corrected chi connectivity index (χ4v) is 6.59. The van der Waals surface area contributed by atoms with Crippen LogP contribution in [-0.4, -0.2) is 59.5 Å². The fourth-order valence-electron chi connectivity index (χ4n) is 5.93. The zero-order valence-electron chi connectivity index (χ0n) is 22.1. The number of rotatable bonds is 7. The molecule has 0 radical (unpaired) electrons. The number of hydrogen-bond acceptors (Lipinski definition) is 6. The molecule has 202 valence electrons. The van der Waals surface area contributed by atoms with E-state index in [2.05, 4.69) is 28.5 Å². The van der Waals surface area contributed by atoms with Crippen molar-refractivity contribution in [3.05, 3.63) is 71.9 Å². The zero-order chi connectivity index (χ0) is 26.6. The smallest absolute Gasteiger partial charge is 0.224 e. The molecule has 1 saturated carbocycles. The average molecular weight is 544 g/mol. The van der Waals surface area contributed by atoms with E-state index in [0.717, 1.165) is 40.3 Å². The third kappa shape index (κ3) is 5.62. The van der Waals surface area contributed by atoms with E-state index in [9.17, 15) is 9.18 Å². The van der Waals surface area contributed by atoms with Gasteiger partial charge < -0.3 is 14.7 Å². The molecule has 0 bridgehead atoms. The van der Waals surface area contributed by atoms with Crippen molar-refractivity contribution in [1.82, 2.24) is 14.9 Å². The summed E-state index contributed by atoms with van der Waals surface area (Å²) in [7, 11) is 0. The Morgan fingerprint density at radius 2 is 1.69 bits per heavy atom. The van der Waals surface area contributed by atoms with Gasteiger partial charge in [-0.3, -0.25) is 4.79 Å². The normalized spacial score (nSPS) is 16.5. The quantitative estimate of drug-likeness (QED) is 0.271. The van der Waals surface area contributed by atoms with Crippen LogP contribution in [0.2, 0.25) is 0 Å². The van der Waals surface area contributed by atoms with Gasteiger partial charge in [-0.2, -0.15) is 0 Å². The summed E-state index contributed by atoms with van der Waals surface area (Å²) in [4.78, 5) is 30.8. The first-order valence-corrected chi connectivity index (χ1v) is 14.9. The third-order valence-corrected chi connectivity index (χ3v) is 8.87. The second-order valence-electron chi connectivity index (χ2n) is 10.4. The number of thiophene rings is 1. The number of anilines is 2. The molecule has 1 saturated heterocycles. The monoisotopic (exact) mass is 543 g/mol. The highest BCUT2D eigenvalue weighted by Crippen LogP contribution is 2.34. The molecule has 0 spiro atoms. The van der Waals surface area contributed by atoms with Crippen molar-refractivity contribution in [2.24, 2.45) is 0 Å². The molecule has 1 aliphatic heterocycles. The predicted octanol–water partition coefficient (Wildman–Crippen LogP) is 6.38. The molecule has 39 heavy (non-hydrogen) atoms. The maximum atomic E-state index is 14.3. The van der Waals surface area contributed by atoms with Crippen LogP contribution in [-0.2, 0) is 4.79 Å². The standard InChI is InChI=1S/C31H34FN5OS/c32-25-12-5-7-14-27(25)35-18-20-36(21-19-35)29(38)16-17-37(23-9-2-1-3-10-23)31-24-11-4-6-13-26(24)33-30(34-31)28-15-8-22-39-28/h4-8,11-15,22-23H,1-3,9-10,16-21H2. The Labute approximate surface area is 233 Å². The van der Waals surface area contributed by atoms with E-state index in [-0.39, 0.29) is 11.7 Å². The topological polar surface area (TPSA) is 52.6 Å². The van der Waals surface area contributed by atoms with Gasteiger partial charge in [0.15, 0.2) is 5.82 Å². The van der Waals surface area contributed by atoms with Crippen LogP contribution in [0.4, 0.5) is 15.9 Å². The summed E-state index contributed by atoms with van der Waals surface area (Å²) >= 11 is 1.65. The lowest BCUT2D eigenvalue weighted by Crippen LogP contribution is -2.50. The van der Waals surface area contributed by atoms with E-state index in [4.69, 9.17) is 9.97 Å². The Morgan fingerprint density at radius 1 is 0.923 bits per heavy atom. The van der Waals surface area contributed by atoms with E-state index < -0.39 is 0 Å². The number of benzene rings is 2. The highest BCUT2D eigenvalue weighted by molar-refractivity contribution is 7.13. The summed E-state index contributed by atoms with van der Waals surface area (Å²) < 4.78 is 14.3. The Balaban J connectivity index is 1.22. The van der Waals surface area contributed by atoms with Crippen molar-refractivity contribution in [2.45, 2.75) is 44.6 Å². The van der Waals surface area contributed by atoms with Crippen LogP contribution in [0.3, 0.4) is 0 Å². The van der Waals surface area contributed by atoms with E-state index in [1.54, 1.807) is 17.4 Å². The van der Waals surface area contributed by atoms with Gasteiger partial charge in [-0.1, -0.05) is 49.6 Å². The van der Waals surface area contributed by atoms with Crippen molar-refractivity contribution < 1.29 is 9.18 Å². The second-order valence-corrected chi connectivity index (χ2v) is 11.4. The number of hydrogen-bond donors (Lipinski definition) is 0. The minimum atomic E-state index is -0.209. The van der Waals surface area contributed by atoms with Crippen LogP contribution in [0.1, 0.15) is 38.5 Å². The van der Waals surface area contributed by atoms with Gasteiger partial charge in [-0.05, 0) is 48.6 Å². The number of aromatic nitrogens is 2. The predicted molar refractivity (Wildman–Crippen MR) is 157 cm³/mol. The zero-order valence-corrected chi connectivity index (χ0v) is 23.0. The largest absolute Gasteiger partial charge is 0.366 e. The van der Waals surface area contributed by atoms with E-state index in [1.165, 1.54) is 25.3 Å². The summed E-state index contributed by atoms with van der Waals surface area (Å²) in [5.74, 6) is 1.63. The number of para-hydroxylation sites is 2. The molecule has 8 heteroatoms. The van der Waals surface area contributed by atoms with E-state index in [1.807, 2.05) is 40.1 Å². The van der Waals surface area contributed by atoms with Gasteiger partial charge in [0, 0.05) is 50.6 Å². The molecule has 2 aromatic carbocycles. The third-order valence-electron chi connectivity index (χ3n) is 8.00. The molecule has 6 rings (SSSR count). The summed E-state index contributed by atoms with van der Waals surface area (Å²) in [5, 5.41) is 3.09. The fraction of sp³-hybridized carbons (Fsp3) is 0.387. The number of carbonyl (C=O) groups excluding carboxylic acids is 1. The molecule has 3 heterocycles. The van der Waals surface area contributed by atoms with Crippen molar-refractivity contribution in [3.63, 3.8) is 0 Å². The Hall–Kier alpha value is -3.52. The van der Waals surface area contributed by atoms with Gasteiger partial charge in [0.05, 0.1) is 16.1 Å². The molecular formula is C31H34FN5OS. The van der Waals surface area contributed by atoms with Crippen molar-refractivity contribution in [3.8, 4) is 10.7 Å². The molecule has 1 aliphatic carbocycles. The van der Waals surface area contributed by atoms with Crippen LogP contribution < -0.4 is 9.80 Å². The lowest BCUT2D eigenvalue weighted by Gasteiger charge is -2.38. The summed E-state index contributed by atoms with van der Waals surface area (Å²) in [6, 6.07) is 19.5. The summed E-state index contributed by atoms with van der Waals surface area (Å²) in [5.41, 5.74) is 1.55. The Kier molecular flexibility index (Phi) is 7.72. The van der Waals surface area contributed by atoms with Crippen LogP contribution >= 0.6 is 11.3 Å². The van der Waals surface area contributed by atoms with E-state index >= 15 is 0 Å². The van der Waals surface area contributed by atoms with Crippen LogP contribution in [0.25, 0.3) is 21.6 Å². The van der Waals surface area contributed by atoms with Crippen LogP contribution in [0.5, 0.6) is 0 Å². The number of halogens is 1. The first-order valence-electron chi connectivity index (χ1n) is 14.0. The first-order chi connectivity index (χ1) is 19.2. The SMILES string of the molecule is O=C(CCN(c1nc(-c2cccs2)nc2ccccc12)C1CCCCC1)N1CCN(c2ccccc2F)CC1. The molecular weight excluding hydrogens is 509 g/mol. The Bertz CT molecular complexity index is 1410. The van der Waals surface area contributed by atoms with Gasteiger partial charge >= 0.3 is 0 Å². The highest BCUT2D eigenvalue weighted by atomic mass is 32.1. The van der Waals surface area contributed by atoms with Crippen LogP contribution in [0, 0.1) is 5.82 Å². The maximum Gasteiger partial charge on any atom is 0.224 e. The molecule has 2 aromatic heterocycles. The summed E-state index contributed by atoms with van der Waals surface area (Å²) in [6.07, 6.45) is 6.33. The van der Waals surface area contributed by atoms with Gasteiger partial charge in [-0.25, -0.2) is 14.4 Å². The molecule has 6 nitrogen and oxygen atoms in total. The molecule has 0 unspecified atom stereocenters. The van der Waals surface area contributed by atoms with Crippen molar-refractivity contribution in [1.29, 1.82) is 0 Å². The molecule has 2 fully saturated rings. The highest BCUT2D eigenvalue weighted by Gasteiger charge is 2.28. The van der Waals surface area contributed by atoms with Gasteiger partial charge in [0.1, 0.15) is 11.6 Å². The molecule has 4 aromatic rings. The molecule has 2 aliphatic rings.